The summed E-state index contributed by atoms with van der Waals surface area (Å²) in [5.41, 5.74) is 1.41. The van der Waals surface area contributed by atoms with Gasteiger partial charge in [0.15, 0.2) is 0 Å². The van der Waals surface area contributed by atoms with Crippen LogP contribution in [0.15, 0.2) is 36.4 Å². The summed E-state index contributed by atoms with van der Waals surface area (Å²) in [6.07, 6.45) is 2.12. The smallest absolute Gasteiger partial charge is 0.229 e. The van der Waals surface area contributed by atoms with Gasteiger partial charge in [0.05, 0.1) is 31.5 Å². The third-order valence-corrected chi connectivity index (χ3v) is 5.86. The summed E-state index contributed by atoms with van der Waals surface area (Å²) in [5.74, 6) is -0.551. The van der Waals surface area contributed by atoms with Crippen LogP contribution in [-0.2, 0) is 9.59 Å². The summed E-state index contributed by atoms with van der Waals surface area (Å²) in [6, 6.07) is 9.97. The SMILES string of the molecule is COc1ccc(OC)c(N2CC(C(=O)Nc3c(F)cccc3N3CCCC3)CC2=O)c1. The van der Waals surface area contributed by atoms with Crippen LogP contribution >= 0.6 is 0 Å². The van der Waals surface area contributed by atoms with Gasteiger partial charge in [-0.3, -0.25) is 9.59 Å². The quantitative estimate of drug-likeness (QED) is 0.765. The molecule has 2 heterocycles. The van der Waals surface area contributed by atoms with Gasteiger partial charge in [0, 0.05) is 32.1 Å². The minimum atomic E-state index is -0.602. The highest BCUT2D eigenvalue weighted by Gasteiger charge is 2.37. The van der Waals surface area contributed by atoms with Gasteiger partial charge in [-0.05, 0) is 37.1 Å². The van der Waals surface area contributed by atoms with E-state index >= 15 is 0 Å². The molecule has 0 aromatic heterocycles. The number of halogens is 1. The molecule has 0 spiro atoms. The normalized spacial score (nSPS) is 18.4. The van der Waals surface area contributed by atoms with E-state index in [2.05, 4.69) is 10.2 Å². The van der Waals surface area contributed by atoms with Crippen LogP contribution in [0.3, 0.4) is 0 Å². The molecule has 2 aliphatic rings. The topological polar surface area (TPSA) is 71.1 Å². The lowest BCUT2D eigenvalue weighted by Crippen LogP contribution is -2.29. The monoisotopic (exact) mass is 427 g/mol. The summed E-state index contributed by atoms with van der Waals surface area (Å²) in [4.78, 5) is 29.3. The molecule has 0 saturated carbocycles. The Morgan fingerprint density at radius 1 is 1.10 bits per heavy atom. The maximum absolute atomic E-state index is 14.6. The fourth-order valence-corrected chi connectivity index (χ4v) is 4.21. The van der Waals surface area contributed by atoms with Gasteiger partial charge in [0.25, 0.3) is 0 Å². The summed E-state index contributed by atoms with van der Waals surface area (Å²) in [5, 5.41) is 2.75. The van der Waals surface area contributed by atoms with Crippen LogP contribution in [-0.4, -0.2) is 45.7 Å². The largest absolute Gasteiger partial charge is 0.497 e. The molecular weight excluding hydrogens is 401 g/mol. The minimum Gasteiger partial charge on any atom is -0.497 e. The van der Waals surface area contributed by atoms with E-state index in [0.29, 0.717) is 22.9 Å². The molecule has 1 unspecified atom stereocenters. The number of nitrogens with one attached hydrogen (secondary N) is 1. The van der Waals surface area contributed by atoms with Crippen molar-refractivity contribution >= 4 is 28.9 Å². The van der Waals surface area contributed by atoms with Crippen molar-refractivity contribution < 1.29 is 23.5 Å². The number of amides is 2. The Hall–Kier alpha value is -3.29. The number of ether oxygens (including phenoxy) is 2. The fourth-order valence-electron chi connectivity index (χ4n) is 4.21. The molecule has 2 aromatic rings. The van der Waals surface area contributed by atoms with Gasteiger partial charge < -0.3 is 24.6 Å². The van der Waals surface area contributed by atoms with Crippen molar-refractivity contribution in [2.24, 2.45) is 5.92 Å². The summed E-state index contributed by atoms with van der Waals surface area (Å²) >= 11 is 0. The van der Waals surface area contributed by atoms with Gasteiger partial charge in [-0.2, -0.15) is 0 Å². The number of anilines is 3. The molecule has 1 N–H and O–H groups in total. The van der Waals surface area contributed by atoms with E-state index in [0.717, 1.165) is 25.9 Å². The van der Waals surface area contributed by atoms with Crippen LogP contribution in [0.25, 0.3) is 0 Å². The van der Waals surface area contributed by atoms with E-state index in [-0.39, 0.29) is 30.5 Å². The second-order valence-corrected chi connectivity index (χ2v) is 7.76. The number of hydrogen-bond acceptors (Lipinski definition) is 5. The Kier molecular flexibility index (Phi) is 5.97. The number of carbonyl (C=O) groups is 2. The Morgan fingerprint density at radius 3 is 2.58 bits per heavy atom. The van der Waals surface area contributed by atoms with E-state index in [1.165, 1.54) is 18.1 Å². The van der Waals surface area contributed by atoms with Crippen molar-refractivity contribution in [3.05, 3.63) is 42.2 Å². The average molecular weight is 427 g/mol. The summed E-state index contributed by atoms with van der Waals surface area (Å²) in [6.45, 7) is 1.84. The van der Waals surface area contributed by atoms with Gasteiger partial charge in [-0.25, -0.2) is 4.39 Å². The zero-order valence-electron chi connectivity index (χ0n) is 17.7. The Morgan fingerprint density at radius 2 is 1.87 bits per heavy atom. The third-order valence-electron chi connectivity index (χ3n) is 5.86. The van der Waals surface area contributed by atoms with Crippen LogP contribution < -0.4 is 24.6 Å². The van der Waals surface area contributed by atoms with Crippen LogP contribution in [0.4, 0.5) is 21.5 Å². The highest BCUT2D eigenvalue weighted by molar-refractivity contribution is 6.05. The number of para-hydroxylation sites is 1. The van der Waals surface area contributed by atoms with Gasteiger partial charge in [-0.15, -0.1) is 0 Å². The predicted octanol–water partition coefficient (Wildman–Crippen LogP) is 3.43. The highest BCUT2D eigenvalue weighted by atomic mass is 19.1. The van der Waals surface area contributed by atoms with E-state index < -0.39 is 11.7 Å². The molecule has 2 aromatic carbocycles. The maximum atomic E-state index is 14.6. The van der Waals surface area contributed by atoms with Gasteiger partial charge in [-0.1, -0.05) is 6.07 Å². The van der Waals surface area contributed by atoms with Gasteiger partial charge in [0.2, 0.25) is 11.8 Å². The predicted molar refractivity (Wildman–Crippen MR) is 116 cm³/mol. The maximum Gasteiger partial charge on any atom is 0.229 e. The Bertz CT molecular complexity index is 991. The molecule has 4 rings (SSSR count). The number of benzene rings is 2. The zero-order valence-corrected chi connectivity index (χ0v) is 17.7. The third kappa shape index (κ3) is 4.15. The molecule has 2 amide bonds. The molecule has 0 aliphatic carbocycles. The van der Waals surface area contributed by atoms with Crippen molar-refractivity contribution in [2.75, 3.05) is 49.0 Å². The number of carbonyl (C=O) groups excluding carboxylic acids is 2. The zero-order chi connectivity index (χ0) is 22.0. The number of methoxy groups -OCH3 is 2. The molecule has 0 radical (unpaired) electrons. The van der Waals surface area contributed by atoms with Gasteiger partial charge >= 0.3 is 0 Å². The highest BCUT2D eigenvalue weighted by Crippen LogP contribution is 2.37. The standard InChI is InChI=1S/C23H26FN3O4/c1-30-16-8-9-20(31-2)19(13-16)27-14-15(12-21(27)28)23(29)25-22-17(24)6-5-7-18(22)26-10-3-4-11-26/h5-9,13,15H,3-4,10-12,14H2,1-2H3,(H,25,29). The Labute approximate surface area is 180 Å². The van der Waals surface area contributed by atoms with Crippen molar-refractivity contribution in [2.45, 2.75) is 19.3 Å². The minimum absolute atomic E-state index is 0.0414. The van der Waals surface area contributed by atoms with Crippen LogP contribution in [0.5, 0.6) is 11.5 Å². The molecular formula is C23H26FN3O4. The van der Waals surface area contributed by atoms with Crippen molar-refractivity contribution in [1.82, 2.24) is 0 Å². The molecule has 7 nitrogen and oxygen atoms in total. The number of nitrogens with zero attached hydrogens (tertiary/aromatic N) is 2. The van der Waals surface area contributed by atoms with E-state index in [4.69, 9.17) is 9.47 Å². The fraction of sp³-hybridized carbons (Fsp3) is 0.391. The number of hydrogen-bond donors (Lipinski definition) is 1. The molecule has 31 heavy (non-hydrogen) atoms. The second-order valence-electron chi connectivity index (χ2n) is 7.76. The number of rotatable bonds is 6. The van der Waals surface area contributed by atoms with Crippen molar-refractivity contribution in [1.29, 1.82) is 0 Å². The lowest BCUT2D eigenvalue weighted by molar-refractivity contribution is -0.122. The summed E-state index contributed by atoms with van der Waals surface area (Å²) in [7, 11) is 3.06. The second kappa shape index (κ2) is 8.83. The van der Waals surface area contributed by atoms with Gasteiger partial charge in [0.1, 0.15) is 23.0 Å². The molecule has 2 aliphatic heterocycles. The van der Waals surface area contributed by atoms with E-state index in [9.17, 15) is 14.0 Å². The van der Waals surface area contributed by atoms with Crippen molar-refractivity contribution in [3.63, 3.8) is 0 Å². The average Bonchev–Trinajstić information content (AvgIpc) is 3.44. The summed E-state index contributed by atoms with van der Waals surface area (Å²) < 4.78 is 25.2. The molecule has 2 saturated heterocycles. The first-order valence-electron chi connectivity index (χ1n) is 10.4. The lowest BCUT2D eigenvalue weighted by atomic mass is 10.1. The van der Waals surface area contributed by atoms with E-state index in [1.807, 2.05) is 6.07 Å². The first kappa shape index (κ1) is 21.0. The first-order valence-corrected chi connectivity index (χ1v) is 10.4. The van der Waals surface area contributed by atoms with E-state index in [1.54, 1.807) is 31.4 Å². The van der Waals surface area contributed by atoms with Crippen LogP contribution in [0, 0.1) is 11.7 Å². The Balaban J connectivity index is 1.54. The molecule has 164 valence electrons. The van der Waals surface area contributed by atoms with Crippen LogP contribution in [0.2, 0.25) is 0 Å². The molecule has 2 fully saturated rings. The molecule has 0 bridgehead atoms. The molecule has 1 atom stereocenters. The molecule has 8 heteroatoms. The first-order chi connectivity index (χ1) is 15.0. The van der Waals surface area contributed by atoms with Crippen LogP contribution in [0.1, 0.15) is 19.3 Å². The lowest BCUT2D eigenvalue weighted by Gasteiger charge is -2.23. The van der Waals surface area contributed by atoms with Crippen molar-refractivity contribution in [3.8, 4) is 11.5 Å².